The van der Waals surface area contributed by atoms with E-state index in [-0.39, 0.29) is 24.2 Å². The second-order valence-electron chi connectivity index (χ2n) is 12.8. The minimum atomic E-state index is -0.875. The number of Topliss-reactive ketones (excluding diaryl/α,β-unsaturated/α-hetero) is 1. The van der Waals surface area contributed by atoms with Gasteiger partial charge in [-0.25, -0.2) is 4.98 Å². The summed E-state index contributed by atoms with van der Waals surface area (Å²) in [4.78, 5) is 35.1. The van der Waals surface area contributed by atoms with Gasteiger partial charge in [-0.15, -0.1) is 0 Å². The van der Waals surface area contributed by atoms with Crippen LogP contribution in [0.1, 0.15) is 74.4 Å². The van der Waals surface area contributed by atoms with E-state index in [4.69, 9.17) is 9.47 Å². The van der Waals surface area contributed by atoms with E-state index in [1.165, 1.54) is 12.3 Å². The summed E-state index contributed by atoms with van der Waals surface area (Å²) in [5, 5.41) is 0. The van der Waals surface area contributed by atoms with Crippen molar-refractivity contribution < 1.29 is 23.5 Å². The molecule has 6 rings (SSSR count). The molecule has 1 aromatic heterocycles. The number of ether oxygens (including phenoxy) is 2. The molecule has 0 bridgehead atoms. The van der Waals surface area contributed by atoms with Crippen LogP contribution in [-0.2, 0) is 11.2 Å². The number of carbonyl (C=O) groups is 2. The summed E-state index contributed by atoms with van der Waals surface area (Å²) >= 11 is 0. The second-order valence-corrected chi connectivity index (χ2v) is 12.8. The minimum Gasteiger partial charge on any atom is -0.448 e. The Hall–Kier alpha value is -3.52. The highest BCUT2D eigenvalue weighted by atomic mass is 19.1. The van der Waals surface area contributed by atoms with Gasteiger partial charge in [-0.05, 0) is 90.2 Å². The van der Waals surface area contributed by atoms with Crippen LogP contribution < -0.4 is 9.47 Å². The Morgan fingerprint density at radius 2 is 1.76 bits per heavy atom. The molecule has 0 spiro atoms. The number of carbonyl (C=O) groups excluding carboxylic acids is 2. The summed E-state index contributed by atoms with van der Waals surface area (Å²) < 4.78 is 27.4. The number of nitrogens with zero attached hydrogens (tertiary/aromatic N) is 3. The second kappa shape index (κ2) is 10.6. The number of amides is 1. The van der Waals surface area contributed by atoms with Crippen molar-refractivity contribution >= 4 is 11.7 Å². The van der Waals surface area contributed by atoms with Gasteiger partial charge in [0, 0.05) is 66.9 Å². The lowest BCUT2D eigenvalue weighted by molar-refractivity contribution is -0.123. The Morgan fingerprint density at radius 1 is 1.05 bits per heavy atom. The van der Waals surface area contributed by atoms with Gasteiger partial charge in [0.1, 0.15) is 0 Å². The fourth-order valence-electron chi connectivity index (χ4n) is 7.33. The van der Waals surface area contributed by atoms with Gasteiger partial charge in [-0.2, -0.15) is 4.39 Å². The first kappa shape index (κ1) is 28.6. The van der Waals surface area contributed by atoms with Crippen molar-refractivity contribution in [1.29, 1.82) is 0 Å². The van der Waals surface area contributed by atoms with Crippen LogP contribution in [0.5, 0.6) is 11.5 Å². The Balaban J connectivity index is 1.40. The summed E-state index contributed by atoms with van der Waals surface area (Å²) in [6.45, 7) is 8.57. The van der Waals surface area contributed by atoms with Crippen LogP contribution in [-0.4, -0.2) is 65.5 Å². The maximum atomic E-state index is 14.2. The third-order valence-corrected chi connectivity index (χ3v) is 9.74. The topological polar surface area (TPSA) is 72.0 Å². The molecule has 2 aliphatic heterocycles. The van der Waals surface area contributed by atoms with Crippen LogP contribution in [0.2, 0.25) is 0 Å². The number of hydrogen-bond acceptors (Lipinski definition) is 6. The molecule has 1 amide bonds. The zero-order valence-electron chi connectivity index (χ0n) is 25.5. The van der Waals surface area contributed by atoms with Gasteiger partial charge in [-0.1, -0.05) is 11.6 Å². The van der Waals surface area contributed by atoms with E-state index in [0.717, 1.165) is 53.5 Å². The zero-order chi connectivity index (χ0) is 29.9. The Bertz CT molecular complexity index is 1520. The van der Waals surface area contributed by atoms with Gasteiger partial charge in [0.15, 0.2) is 17.3 Å². The first-order valence-electron chi connectivity index (χ1n) is 15.0. The Kier molecular flexibility index (Phi) is 7.24. The highest BCUT2D eigenvalue weighted by Crippen LogP contribution is 2.55. The number of rotatable bonds is 5. The quantitative estimate of drug-likeness (QED) is 0.407. The molecule has 0 N–H and O–H groups in total. The number of hydrogen-bond donors (Lipinski definition) is 0. The molecule has 8 heteroatoms. The Morgan fingerprint density at radius 3 is 2.40 bits per heavy atom. The van der Waals surface area contributed by atoms with Crippen LogP contribution in [0.15, 0.2) is 41.1 Å². The average molecular weight is 574 g/mol. The maximum Gasteiger partial charge on any atom is 0.254 e. The minimum absolute atomic E-state index is 0.0753. The molecule has 1 atom stereocenters. The van der Waals surface area contributed by atoms with Crippen molar-refractivity contribution in [2.75, 3.05) is 27.2 Å². The lowest BCUT2D eigenvalue weighted by atomic mass is 9.81. The summed E-state index contributed by atoms with van der Waals surface area (Å²) in [6.07, 6.45) is 8.58. The predicted molar refractivity (Wildman–Crippen MR) is 159 cm³/mol. The summed E-state index contributed by atoms with van der Waals surface area (Å²) in [6, 6.07) is 3.57. The van der Waals surface area contributed by atoms with Crippen molar-refractivity contribution in [2.24, 2.45) is 5.92 Å². The van der Waals surface area contributed by atoms with Crippen molar-refractivity contribution in [3.05, 3.63) is 63.8 Å². The molecular weight excluding hydrogens is 533 g/mol. The maximum absolute atomic E-state index is 14.2. The molecule has 3 heterocycles. The number of ketones is 1. The average Bonchev–Trinajstić information content (AvgIpc) is 3.31. The number of pyridine rings is 1. The normalized spacial score (nSPS) is 25.7. The highest BCUT2D eigenvalue weighted by molar-refractivity contribution is 6.04. The summed E-state index contributed by atoms with van der Waals surface area (Å²) in [5.74, 6) is -0.124. The number of halogens is 1. The largest absolute Gasteiger partial charge is 0.448 e. The summed E-state index contributed by atoms with van der Waals surface area (Å²) in [5.41, 5.74) is 6.28. The SMILES string of the molecule is CC1=CC(C)=C(CN2CCc3c(c(C)c4c(c3-c3ccc(F)nc3)O[C@](C)(C3CCC(N(C)C)CC3)O4)C2=O)C(=O)C1. The molecule has 2 aliphatic carbocycles. The zero-order valence-corrected chi connectivity index (χ0v) is 25.5. The van der Waals surface area contributed by atoms with Crippen molar-refractivity contribution in [3.63, 3.8) is 0 Å². The predicted octanol–water partition coefficient (Wildman–Crippen LogP) is 6.04. The van der Waals surface area contributed by atoms with Crippen LogP contribution in [0, 0.1) is 18.8 Å². The van der Waals surface area contributed by atoms with Crippen LogP contribution >= 0.6 is 0 Å². The van der Waals surface area contributed by atoms with Crippen molar-refractivity contribution in [2.45, 2.75) is 78.0 Å². The lowest BCUT2D eigenvalue weighted by Gasteiger charge is -2.39. The molecule has 0 unspecified atom stereocenters. The number of fused-ring (bicyclic) bond motifs is 2. The van der Waals surface area contributed by atoms with Crippen molar-refractivity contribution in [3.8, 4) is 22.6 Å². The third kappa shape index (κ3) is 4.83. The lowest BCUT2D eigenvalue weighted by Crippen LogP contribution is -2.46. The fourth-order valence-corrected chi connectivity index (χ4v) is 7.33. The molecule has 42 heavy (non-hydrogen) atoms. The number of benzene rings is 1. The van der Waals surface area contributed by atoms with Gasteiger partial charge in [0.2, 0.25) is 5.95 Å². The molecule has 1 aromatic carbocycles. The van der Waals surface area contributed by atoms with E-state index < -0.39 is 11.7 Å². The molecule has 7 nitrogen and oxygen atoms in total. The van der Waals surface area contributed by atoms with Gasteiger partial charge in [0.05, 0.1) is 5.56 Å². The van der Waals surface area contributed by atoms with Gasteiger partial charge in [0.25, 0.3) is 11.7 Å². The molecule has 0 saturated heterocycles. The number of allylic oxidation sites excluding steroid dienone is 3. The molecule has 2 aromatic rings. The van der Waals surface area contributed by atoms with Gasteiger partial charge < -0.3 is 19.3 Å². The van der Waals surface area contributed by atoms with E-state index in [0.29, 0.717) is 53.6 Å². The van der Waals surface area contributed by atoms with Crippen LogP contribution in [0.25, 0.3) is 11.1 Å². The van der Waals surface area contributed by atoms with Crippen LogP contribution in [0.3, 0.4) is 0 Å². The van der Waals surface area contributed by atoms with E-state index in [2.05, 4.69) is 24.0 Å². The van der Waals surface area contributed by atoms with Gasteiger partial charge in [-0.3, -0.25) is 9.59 Å². The third-order valence-electron chi connectivity index (χ3n) is 9.74. The number of aromatic nitrogens is 1. The van der Waals surface area contributed by atoms with Gasteiger partial charge >= 0.3 is 0 Å². The molecule has 1 saturated carbocycles. The van der Waals surface area contributed by atoms with E-state index in [9.17, 15) is 14.0 Å². The molecule has 1 fully saturated rings. The molecule has 222 valence electrons. The van der Waals surface area contributed by atoms with Crippen LogP contribution in [0.4, 0.5) is 4.39 Å². The monoisotopic (exact) mass is 573 g/mol. The first-order chi connectivity index (χ1) is 20.0. The standard InChI is InChI=1S/C34H40FN3O4/c1-19-15-20(2)26(27(39)16-19)18-38-14-13-25-29(33(38)40)21(3)31-32(30(25)22-7-12-28(35)36-17-22)42-34(4,41-31)23-8-10-24(11-9-23)37(5)6/h7,12,15,17,23-24H,8-11,13-14,16,18H2,1-6H3/t23?,24?,34-/m1/s1. The highest BCUT2D eigenvalue weighted by Gasteiger charge is 2.49. The smallest absolute Gasteiger partial charge is 0.254 e. The van der Waals surface area contributed by atoms with E-state index in [1.54, 1.807) is 11.0 Å². The summed E-state index contributed by atoms with van der Waals surface area (Å²) in [7, 11) is 4.25. The molecular formula is C34H40FN3O4. The first-order valence-corrected chi connectivity index (χ1v) is 15.0. The molecule has 4 aliphatic rings. The Labute approximate surface area is 247 Å². The van der Waals surface area contributed by atoms with E-state index in [1.807, 2.05) is 33.8 Å². The van der Waals surface area contributed by atoms with Crippen molar-refractivity contribution in [1.82, 2.24) is 14.8 Å². The fraction of sp³-hybridized carbons (Fsp3) is 0.500. The molecule has 0 radical (unpaired) electrons. The van der Waals surface area contributed by atoms with E-state index >= 15 is 0 Å².